The van der Waals surface area contributed by atoms with Crippen LogP contribution in [0, 0.1) is 5.92 Å². The molecule has 140 valence electrons. The summed E-state index contributed by atoms with van der Waals surface area (Å²) in [5.41, 5.74) is 1.46. The maximum atomic E-state index is 12.9. The quantitative estimate of drug-likeness (QED) is 0.690. The summed E-state index contributed by atoms with van der Waals surface area (Å²) in [4.78, 5) is 19.2. The predicted molar refractivity (Wildman–Crippen MR) is 99.4 cm³/mol. The summed E-state index contributed by atoms with van der Waals surface area (Å²) in [6.45, 7) is 4.69. The minimum Gasteiger partial charge on any atom is -0.339 e. The van der Waals surface area contributed by atoms with Gasteiger partial charge in [0.15, 0.2) is 0 Å². The molecule has 2 aromatic heterocycles. The van der Waals surface area contributed by atoms with E-state index in [1.165, 1.54) is 6.33 Å². The molecular weight excluding hydrogens is 342 g/mol. The molecule has 1 aromatic carbocycles. The van der Waals surface area contributed by atoms with Gasteiger partial charge in [-0.1, -0.05) is 13.0 Å². The molecular formula is C19H23N7O. The number of aromatic nitrogens is 6. The van der Waals surface area contributed by atoms with Crippen LogP contribution in [0.15, 0.2) is 43.0 Å². The van der Waals surface area contributed by atoms with Gasteiger partial charge in [-0.15, -0.1) is 5.10 Å². The van der Waals surface area contributed by atoms with E-state index in [0.717, 1.165) is 50.4 Å². The molecule has 1 amide bonds. The third kappa shape index (κ3) is 3.74. The number of aryl methyl sites for hydroxylation is 1. The molecule has 1 aliphatic rings. The first-order valence-corrected chi connectivity index (χ1v) is 9.37. The first-order chi connectivity index (χ1) is 13.2. The Morgan fingerprint density at radius 3 is 2.85 bits per heavy atom. The van der Waals surface area contributed by atoms with Gasteiger partial charge >= 0.3 is 0 Å². The number of piperidine rings is 1. The number of nitrogens with zero attached hydrogens (tertiary/aromatic N) is 7. The van der Waals surface area contributed by atoms with Crippen molar-refractivity contribution in [2.45, 2.75) is 32.7 Å². The van der Waals surface area contributed by atoms with Crippen LogP contribution in [0.5, 0.6) is 0 Å². The van der Waals surface area contributed by atoms with Crippen molar-refractivity contribution < 1.29 is 4.79 Å². The maximum Gasteiger partial charge on any atom is 0.253 e. The number of carbonyl (C=O) groups is 1. The molecule has 3 aromatic rings. The molecule has 0 N–H and O–H groups in total. The van der Waals surface area contributed by atoms with Crippen molar-refractivity contribution in [2.75, 3.05) is 13.1 Å². The lowest BCUT2D eigenvalue weighted by Crippen LogP contribution is -2.39. The highest BCUT2D eigenvalue weighted by molar-refractivity contribution is 5.94. The monoisotopic (exact) mass is 365 g/mol. The lowest BCUT2D eigenvalue weighted by atomic mass is 9.96. The number of benzene rings is 1. The third-order valence-corrected chi connectivity index (χ3v) is 5.18. The highest BCUT2D eigenvalue weighted by atomic mass is 16.2. The molecule has 1 saturated heterocycles. The molecule has 8 heteroatoms. The predicted octanol–water partition coefficient (Wildman–Crippen LogP) is 1.97. The van der Waals surface area contributed by atoms with Crippen LogP contribution in [0.3, 0.4) is 0 Å². The first kappa shape index (κ1) is 17.4. The van der Waals surface area contributed by atoms with E-state index in [4.69, 9.17) is 0 Å². The number of rotatable bonds is 5. The maximum absolute atomic E-state index is 12.9. The Hall–Kier alpha value is -3.03. The zero-order valence-corrected chi connectivity index (χ0v) is 15.4. The Labute approximate surface area is 157 Å². The average Bonchev–Trinajstić information content (AvgIpc) is 3.40. The van der Waals surface area contributed by atoms with Gasteiger partial charge in [-0.2, -0.15) is 0 Å². The van der Waals surface area contributed by atoms with Gasteiger partial charge in [0, 0.05) is 44.0 Å². The Morgan fingerprint density at radius 1 is 1.26 bits per heavy atom. The fourth-order valence-electron chi connectivity index (χ4n) is 3.66. The van der Waals surface area contributed by atoms with E-state index < -0.39 is 0 Å². The van der Waals surface area contributed by atoms with Gasteiger partial charge in [-0.05, 0) is 47.4 Å². The summed E-state index contributed by atoms with van der Waals surface area (Å²) >= 11 is 0. The molecule has 0 spiro atoms. The second-order valence-electron chi connectivity index (χ2n) is 6.89. The van der Waals surface area contributed by atoms with Gasteiger partial charge in [0.2, 0.25) is 0 Å². The van der Waals surface area contributed by atoms with Crippen molar-refractivity contribution in [2.24, 2.45) is 5.92 Å². The topological polar surface area (TPSA) is 81.7 Å². The van der Waals surface area contributed by atoms with Crippen LogP contribution >= 0.6 is 0 Å². The standard InChI is InChI=1S/C19H23N7O/c1-2-18-20-8-11-25(18)13-15-6-9-24(10-7-15)19(27)16-4-3-5-17(12-16)26-14-21-22-23-26/h3-5,8,11-12,14-15H,2,6-7,9-10,13H2,1H3. The number of imidazole rings is 1. The van der Waals surface area contributed by atoms with Gasteiger partial charge in [0.25, 0.3) is 5.91 Å². The zero-order valence-electron chi connectivity index (χ0n) is 15.4. The summed E-state index contributed by atoms with van der Waals surface area (Å²) in [5.74, 6) is 1.79. The second kappa shape index (κ2) is 7.69. The van der Waals surface area contributed by atoms with Gasteiger partial charge in [0.05, 0.1) is 5.69 Å². The van der Waals surface area contributed by atoms with Crippen LogP contribution < -0.4 is 0 Å². The van der Waals surface area contributed by atoms with Crippen LogP contribution in [-0.2, 0) is 13.0 Å². The van der Waals surface area contributed by atoms with E-state index in [1.807, 2.05) is 35.4 Å². The molecule has 0 saturated carbocycles. The average molecular weight is 365 g/mol. The number of amides is 1. The molecule has 27 heavy (non-hydrogen) atoms. The van der Waals surface area contributed by atoms with E-state index in [2.05, 4.69) is 38.2 Å². The summed E-state index contributed by atoms with van der Waals surface area (Å²) in [6, 6.07) is 7.43. The van der Waals surface area contributed by atoms with E-state index in [-0.39, 0.29) is 5.91 Å². The Balaban J connectivity index is 1.38. The van der Waals surface area contributed by atoms with Crippen LogP contribution in [-0.4, -0.2) is 53.7 Å². The van der Waals surface area contributed by atoms with Crippen molar-refractivity contribution in [1.29, 1.82) is 0 Å². The Bertz CT molecular complexity index is 894. The molecule has 8 nitrogen and oxygen atoms in total. The SMILES string of the molecule is CCc1nccn1CC1CCN(C(=O)c2cccc(-n3cnnn3)c2)CC1. The number of hydrogen-bond acceptors (Lipinski definition) is 5. The van der Waals surface area contributed by atoms with Crippen LogP contribution in [0.1, 0.15) is 35.9 Å². The number of carbonyl (C=O) groups excluding carboxylic acids is 1. The van der Waals surface area contributed by atoms with E-state index in [9.17, 15) is 4.79 Å². The van der Waals surface area contributed by atoms with Crippen LogP contribution in [0.2, 0.25) is 0 Å². The highest BCUT2D eigenvalue weighted by Gasteiger charge is 2.24. The van der Waals surface area contributed by atoms with Crippen molar-refractivity contribution in [3.05, 3.63) is 54.4 Å². The van der Waals surface area contributed by atoms with Crippen LogP contribution in [0.4, 0.5) is 0 Å². The largest absolute Gasteiger partial charge is 0.339 e. The minimum absolute atomic E-state index is 0.0697. The number of hydrogen-bond donors (Lipinski definition) is 0. The van der Waals surface area contributed by atoms with Gasteiger partial charge in [-0.3, -0.25) is 4.79 Å². The summed E-state index contributed by atoms with van der Waals surface area (Å²) < 4.78 is 3.80. The number of tetrazole rings is 1. The number of likely N-dealkylation sites (tertiary alicyclic amines) is 1. The van der Waals surface area contributed by atoms with Crippen molar-refractivity contribution in [1.82, 2.24) is 34.7 Å². The summed E-state index contributed by atoms with van der Waals surface area (Å²) in [6.07, 6.45) is 8.42. The fourth-order valence-corrected chi connectivity index (χ4v) is 3.66. The van der Waals surface area contributed by atoms with Gasteiger partial charge in [-0.25, -0.2) is 9.67 Å². The smallest absolute Gasteiger partial charge is 0.253 e. The van der Waals surface area contributed by atoms with E-state index >= 15 is 0 Å². The molecule has 0 atom stereocenters. The van der Waals surface area contributed by atoms with Gasteiger partial charge in [0.1, 0.15) is 12.2 Å². The Kier molecular flexibility index (Phi) is 4.95. The third-order valence-electron chi connectivity index (χ3n) is 5.18. The Morgan fingerprint density at radius 2 is 2.11 bits per heavy atom. The highest BCUT2D eigenvalue weighted by Crippen LogP contribution is 2.22. The fraction of sp³-hybridized carbons (Fsp3) is 0.421. The lowest BCUT2D eigenvalue weighted by Gasteiger charge is -2.32. The van der Waals surface area contributed by atoms with Crippen molar-refractivity contribution in [3.63, 3.8) is 0 Å². The van der Waals surface area contributed by atoms with Crippen molar-refractivity contribution >= 4 is 5.91 Å². The molecule has 4 rings (SSSR count). The lowest BCUT2D eigenvalue weighted by molar-refractivity contribution is 0.0682. The van der Waals surface area contributed by atoms with E-state index in [1.54, 1.807) is 4.68 Å². The molecule has 3 heterocycles. The molecule has 1 fully saturated rings. The van der Waals surface area contributed by atoms with Crippen molar-refractivity contribution in [3.8, 4) is 5.69 Å². The summed E-state index contributed by atoms with van der Waals surface area (Å²) in [7, 11) is 0. The molecule has 1 aliphatic heterocycles. The normalized spacial score (nSPS) is 15.2. The summed E-state index contributed by atoms with van der Waals surface area (Å²) in [5, 5.41) is 11.2. The molecule has 0 bridgehead atoms. The second-order valence-corrected chi connectivity index (χ2v) is 6.89. The van der Waals surface area contributed by atoms with Crippen LogP contribution in [0.25, 0.3) is 5.69 Å². The van der Waals surface area contributed by atoms with E-state index in [0.29, 0.717) is 11.5 Å². The molecule has 0 aliphatic carbocycles. The minimum atomic E-state index is 0.0697. The molecule has 0 radical (unpaired) electrons. The molecule has 0 unspecified atom stereocenters. The van der Waals surface area contributed by atoms with Gasteiger partial charge < -0.3 is 9.47 Å². The zero-order chi connectivity index (χ0) is 18.6. The first-order valence-electron chi connectivity index (χ1n) is 9.37.